The van der Waals surface area contributed by atoms with E-state index in [1.807, 2.05) is 18.6 Å². The summed E-state index contributed by atoms with van der Waals surface area (Å²) in [5, 5.41) is 9.14. The highest BCUT2D eigenvalue weighted by molar-refractivity contribution is 5.75. The predicted molar refractivity (Wildman–Crippen MR) is 99.7 cm³/mol. The van der Waals surface area contributed by atoms with Gasteiger partial charge in [-0.2, -0.15) is 5.26 Å². The summed E-state index contributed by atoms with van der Waals surface area (Å²) < 4.78 is 2.16. The van der Waals surface area contributed by atoms with Crippen LogP contribution in [-0.4, -0.2) is 43.4 Å². The number of likely N-dealkylation sites (tertiary alicyclic amines) is 1. The summed E-state index contributed by atoms with van der Waals surface area (Å²) in [4.78, 5) is 15.5. The van der Waals surface area contributed by atoms with E-state index in [4.69, 9.17) is 10.2 Å². The summed E-state index contributed by atoms with van der Waals surface area (Å²) in [6, 6.07) is 5.10. The Bertz CT molecular complexity index is 971. The van der Waals surface area contributed by atoms with Crippen LogP contribution in [0.15, 0.2) is 24.7 Å². The van der Waals surface area contributed by atoms with Gasteiger partial charge in [-0.15, -0.1) is 0 Å². The van der Waals surface area contributed by atoms with Crippen LogP contribution in [0.1, 0.15) is 44.2 Å². The molecule has 3 aromatic rings. The van der Waals surface area contributed by atoms with Gasteiger partial charge in [0.2, 0.25) is 0 Å². The van der Waals surface area contributed by atoms with Crippen molar-refractivity contribution in [3.63, 3.8) is 0 Å². The maximum Gasteiger partial charge on any atom is 0.159 e. The maximum atomic E-state index is 9.14. The fourth-order valence-electron chi connectivity index (χ4n) is 5.03. The minimum atomic E-state index is 0.252. The standard InChI is InChI=1S/C20H24N6/c1-13-10-15(25-7-3-14(12-21)4-8-25)11-16(13)18-20-23-6-9-26(20)17-2-5-22-19(17)24-18/h2,5-6,9,13-16,22H,3-4,7-8,10-11H2,1H3/t13-,15-,16+/m1/s1. The van der Waals surface area contributed by atoms with E-state index in [1.165, 1.54) is 6.42 Å². The first kappa shape index (κ1) is 15.8. The molecule has 1 saturated carbocycles. The van der Waals surface area contributed by atoms with E-state index in [1.54, 1.807) is 0 Å². The molecule has 1 saturated heterocycles. The van der Waals surface area contributed by atoms with Crippen molar-refractivity contribution in [2.24, 2.45) is 11.8 Å². The number of H-pyrrole nitrogens is 1. The van der Waals surface area contributed by atoms with Crippen LogP contribution in [0.25, 0.3) is 16.8 Å². The molecular weight excluding hydrogens is 324 g/mol. The summed E-state index contributed by atoms with van der Waals surface area (Å²) in [6.07, 6.45) is 10.2. The average Bonchev–Trinajstić information content (AvgIpc) is 3.39. The largest absolute Gasteiger partial charge is 0.345 e. The SMILES string of the molecule is C[C@@H]1C[C@@H](N2CCC(C#N)CC2)C[C@@H]1c1nc2[nH]ccc2n2ccnc12. The molecule has 0 unspecified atom stereocenters. The van der Waals surface area contributed by atoms with Crippen molar-refractivity contribution in [1.82, 2.24) is 24.3 Å². The molecule has 0 spiro atoms. The molecule has 2 aliphatic rings. The van der Waals surface area contributed by atoms with Gasteiger partial charge < -0.3 is 9.88 Å². The van der Waals surface area contributed by atoms with Crippen LogP contribution in [0.2, 0.25) is 0 Å². The van der Waals surface area contributed by atoms with Crippen molar-refractivity contribution in [2.75, 3.05) is 13.1 Å². The van der Waals surface area contributed by atoms with Gasteiger partial charge >= 0.3 is 0 Å². The van der Waals surface area contributed by atoms with Gasteiger partial charge in [0.1, 0.15) is 0 Å². The lowest BCUT2D eigenvalue weighted by molar-refractivity contribution is 0.146. The molecule has 0 radical (unpaired) electrons. The number of rotatable bonds is 2. The summed E-state index contributed by atoms with van der Waals surface area (Å²) in [7, 11) is 0. The Balaban J connectivity index is 1.44. The summed E-state index contributed by atoms with van der Waals surface area (Å²) >= 11 is 0. The number of hydrogen-bond acceptors (Lipinski definition) is 4. The molecule has 5 rings (SSSR count). The Labute approximate surface area is 152 Å². The molecule has 6 heteroatoms. The zero-order valence-corrected chi connectivity index (χ0v) is 15.1. The van der Waals surface area contributed by atoms with Crippen molar-refractivity contribution >= 4 is 16.8 Å². The van der Waals surface area contributed by atoms with Crippen LogP contribution >= 0.6 is 0 Å². The highest BCUT2D eigenvalue weighted by atomic mass is 15.2. The predicted octanol–water partition coefficient (Wildman–Crippen LogP) is 3.33. The minimum absolute atomic E-state index is 0.252. The second-order valence-electron chi connectivity index (χ2n) is 7.98. The highest BCUT2D eigenvalue weighted by Crippen LogP contribution is 2.43. The summed E-state index contributed by atoms with van der Waals surface area (Å²) in [6.45, 7) is 4.47. The number of hydrogen-bond donors (Lipinski definition) is 1. The Kier molecular flexibility index (Phi) is 3.71. The molecule has 2 fully saturated rings. The third-order valence-electron chi connectivity index (χ3n) is 6.50. The zero-order chi connectivity index (χ0) is 17.7. The first-order valence-electron chi connectivity index (χ1n) is 9.68. The number of nitrogens with one attached hydrogen (secondary N) is 1. The number of piperidine rings is 1. The zero-order valence-electron chi connectivity index (χ0n) is 15.1. The Morgan fingerprint density at radius 1 is 1.27 bits per heavy atom. The first-order valence-corrected chi connectivity index (χ1v) is 9.68. The summed E-state index contributed by atoms with van der Waals surface area (Å²) in [5.41, 5.74) is 4.16. The molecule has 134 valence electrons. The van der Waals surface area contributed by atoms with Crippen molar-refractivity contribution in [3.8, 4) is 6.07 Å². The van der Waals surface area contributed by atoms with E-state index in [9.17, 15) is 0 Å². The number of fused-ring (bicyclic) bond motifs is 3. The van der Waals surface area contributed by atoms with E-state index < -0.39 is 0 Å². The molecule has 1 N–H and O–H groups in total. The topological polar surface area (TPSA) is 73.0 Å². The Hall–Kier alpha value is -2.39. The quantitative estimate of drug-likeness (QED) is 0.771. The molecule has 0 bridgehead atoms. The van der Waals surface area contributed by atoms with Crippen molar-refractivity contribution < 1.29 is 0 Å². The van der Waals surface area contributed by atoms with Gasteiger partial charge in [0.15, 0.2) is 11.3 Å². The second-order valence-corrected chi connectivity index (χ2v) is 7.98. The first-order chi connectivity index (χ1) is 12.7. The third kappa shape index (κ3) is 2.42. The fourth-order valence-corrected chi connectivity index (χ4v) is 5.03. The molecule has 26 heavy (non-hydrogen) atoms. The van der Waals surface area contributed by atoms with Crippen molar-refractivity contribution in [1.29, 1.82) is 5.26 Å². The van der Waals surface area contributed by atoms with E-state index in [-0.39, 0.29) is 5.92 Å². The number of nitriles is 1. The van der Waals surface area contributed by atoms with E-state index in [0.717, 1.165) is 54.9 Å². The lowest BCUT2D eigenvalue weighted by Crippen LogP contribution is -2.40. The van der Waals surface area contributed by atoms with Crippen LogP contribution in [-0.2, 0) is 0 Å². The number of nitrogens with zero attached hydrogens (tertiary/aromatic N) is 5. The number of aromatic nitrogens is 4. The highest BCUT2D eigenvalue weighted by Gasteiger charge is 2.38. The Morgan fingerprint density at radius 2 is 2.12 bits per heavy atom. The molecule has 4 heterocycles. The lowest BCUT2D eigenvalue weighted by atomic mass is 9.94. The van der Waals surface area contributed by atoms with E-state index in [2.05, 4.69) is 38.3 Å². The van der Waals surface area contributed by atoms with Crippen LogP contribution in [0, 0.1) is 23.2 Å². The van der Waals surface area contributed by atoms with Crippen LogP contribution in [0.3, 0.4) is 0 Å². The third-order valence-corrected chi connectivity index (χ3v) is 6.50. The van der Waals surface area contributed by atoms with Crippen LogP contribution in [0.5, 0.6) is 0 Å². The smallest absolute Gasteiger partial charge is 0.159 e. The van der Waals surface area contributed by atoms with Crippen LogP contribution in [0.4, 0.5) is 0 Å². The molecule has 3 aromatic heterocycles. The minimum Gasteiger partial charge on any atom is -0.345 e. The average molecular weight is 348 g/mol. The van der Waals surface area contributed by atoms with Crippen molar-refractivity contribution in [3.05, 3.63) is 30.4 Å². The van der Waals surface area contributed by atoms with Crippen LogP contribution < -0.4 is 0 Å². The van der Waals surface area contributed by atoms with Gasteiger partial charge in [0.05, 0.1) is 17.3 Å². The normalized spacial score (nSPS) is 28.1. The number of imidazole rings is 1. The van der Waals surface area contributed by atoms with E-state index >= 15 is 0 Å². The molecule has 3 atom stereocenters. The Morgan fingerprint density at radius 3 is 2.92 bits per heavy atom. The van der Waals surface area contributed by atoms with Gasteiger partial charge in [0.25, 0.3) is 0 Å². The molecule has 6 nitrogen and oxygen atoms in total. The van der Waals surface area contributed by atoms with Gasteiger partial charge in [-0.3, -0.25) is 4.40 Å². The summed E-state index contributed by atoms with van der Waals surface area (Å²) in [5.74, 6) is 1.28. The molecular formula is C20H24N6. The molecule has 1 aliphatic heterocycles. The monoisotopic (exact) mass is 348 g/mol. The van der Waals surface area contributed by atoms with Crippen molar-refractivity contribution in [2.45, 2.75) is 44.6 Å². The van der Waals surface area contributed by atoms with Gasteiger partial charge in [-0.1, -0.05) is 6.92 Å². The van der Waals surface area contributed by atoms with Gasteiger partial charge in [-0.05, 0) is 50.8 Å². The number of aromatic amines is 1. The molecule has 0 amide bonds. The molecule has 1 aliphatic carbocycles. The molecule has 0 aromatic carbocycles. The van der Waals surface area contributed by atoms with Gasteiger partial charge in [-0.25, -0.2) is 9.97 Å². The lowest BCUT2D eigenvalue weighted by Gasteiger charge is -2.34. The second kappa shape index (κ2) is 6.10. The van der Waals surface area contributed by atoms with E-state index in [0.29, 0.717) is 17.9 Å². The fraction of sp³-hybridized carbons (Fsp3) is 0.550. The maximum absolute atomic E-state index is 9.14. The van der Waals surface area contributed by atoms with Gasteiger partial charge in [0, 0.05) is 36.5 Å².